The van der Waals surface area contributed by atoms with Crippen LogP contribution in [0.3, 0.4) is 0 Å². The zero-order valence-corrected chi connectivity index (χ0v) is 11.3. The van der Waals surface area contributed by atoms with E-state index in [1.807, 2.05) is 0 Å². The minimum atomic E-state index is -0.270. The molecule has 0 aliphatic carbocycles. The van der Waals surface area contributed by atoms with Crippen molar-refractivity contribution >= 4 is 11.7 Å². The first-order valence-electron chi connectivity index (χ1n) is 6.28. The highest BCUT2D eigenvalue weighted by Crippen LogP contribution is 1.99. The maximum absolute atomic E-state index is 11.7. The van der Waals surface area contributed by atoms with Gasteiger partial charge in [0.15, 0.2) is 5.82 Å². The van der Waals surface area contributed by atoms with Crippen LogP contribution in [0, 0.1) is 5.92 Å². The molecule has 0 aliphatic rings. The summed E-state index contributed by atoms with van der Waals surface area (Å²) in [6.45, 7) is 6.11. The molecule has 0 aliphatic heterocycles. The van der Waals surface area contributed by atoms with Gasteiger partial charge in [0.25, 0.3) is 5.91 Å². The normalized spacial score (nSPS) is 10.5. The van der Waals surface area contributed by atoms with E-state index >= 15 is 0 Å². The minimum absolute atomic E-state index is 0.235. The number of anilines is 1. The lowest BCUT2D eigenvalue weighted by atomic mass is 10.2. The van der Waals surface area contributed by atoms with Crippen LogP contribution in [0.1, 0.15) is 30.8 Å². The Bertz CT molecular complexity index is 397. The Morgan fingerprint density at radius 2 is 2.26 bits per heavy atom. The van der Waals surface area contributed by atoms with E-state index in [0.717, 1.165) is 13.0 Å². The molecule has 0 radical (unpaired) electrons. The largest absolute Gasteiger partial charge is 0.381 e. The van der Waals surface area contributed by atoms with Crippen LogP contribution < -0.4 is 16.6 Å². The molecule has 7 heteroatoms. The molecule has 0 unspecified atom stereocenters. The van der Waals surface area contributed by atoms with Crippen molar-refractivity contribution in [2.24, 2.45) is 11.8 Å². The highest BCUT2D eigenvalue weighted by molar-refractivity contribution is 5.92. The maximum Gasteiger partial charge on any atom is 0.271 e. The van der Waals surface area contributed by atoms with Crippen LogP contribution in [0.25, 0.3) is 0 Å². The van der Waals surface area contributed by atoms with Crippen LogP contribution in [0.5, 0.6) is 0 Å². The number of nitrogen functional groups attached to an aromatic ring is 1. The second kappa shape index (κ2) is 8.39. The molecule has 7 nitrogen and oxygen atoms in total. The van der Waals surface area contributed by atoms with Crippen molar-refractivity contribution in [1.29, 1.82) is 0 Å². The summed E-state index contributed by atoms with van der Waals surface area (Å²) in [5, 5.41) is 2.75. The van der Waals surface area contributed by atoms with Crippen LogP contribution in [0.15, 0.2) is 12.4 Å². The minimum Gasteiger partial charge on any atom is -0.381 e. The number of hydrazine groups is 1. The third-order valence-corrected chi connectivity index (χ3v) is 2.22. The SMILES string of the molecule is CC(C)COCCCNC(=O)c1cncc(NN)n1. The Morgan fingerprint density at radius 1 is 1.47 bits per heavy atom. The molecule has 0 saturated heterocycles. The molecule has 1 aromatic rings. The number of ether oxygens (including phenoxy) is 1. The lowest BCUT2D eigenvalue weighted by Crippen LogP contribution is -2.27. The predicted molar refractivity (Wildman–Crippen MR) is 72.4 cm³/mol. The van der Waals surface area contributed by atoms with Gasteiger partial charge in [-0.25, -0.2) is 10.8 Å². The summed E-state index contributed by atoms with van der Waals surface area (Å²) in [6, 6.07) is 0. The molecule has 0 spiro atoms. The average molecular weight is 267 g/mol. The van der Waals surface area contributed by atoms with Crippen LogP contribution in [-0.4, -0.2) is 35.6 Å². The fraction of sp³-hybridized carbons (Fsp3) is 0.583. The molecule has 1 heterocycles. The van der Waals surface area contributed by atoms with Gasteiger partial charge in [-0.1, -0.05) is 13.8 Å². The van der Waals surface area contributed by atoms with Crippen molar-refractivity contribution in [1.82, 2.24) is 15.3 Å². The van der Waals surface area contributed by atoms with Gasteiger partial charge in [-0.15, -0.1) is 0 Å². The smallest absolute Gasteiger partial charge is 0.271 e. The summed E-state index contributed by atoms with van der Waals surface area (Å²) < 4.78 is 5.41. The van der Waals surface area contributed by atoms with E-state index in [9.17, 15) is 4.79 Å². The lowest BCUT2D eigenvalue weighted by molar-refractivity contribution is 0.0920. The molecule has 4 N–H and O–H groups in total. The first-order chi connectivity index (χ1) is 9.13. The molecule has 106 valence electrons. The van der Waals surface area contributed by atoms with Crippen LogP contribution in [0.4, 0.5) is 5.82 Å². The van der Waals surface area contributed by atoms with Gasteiger partial charge in [-0.05, 0) is 12.3 Å². The summed E-state index contributed by atoms with van der Waals surface area (Å²) in [5.41, 5.74) is 2.58. The van der Waals surface area contributed by atoms with Gasteiger partial charge in [-0.2, -0.15) is 0 Å². The third-order valence-electron chi connectivity index (χ3n) is 2.22. The standard InChI is InChI=1S/C12H21N5O2/c1-9(2)8-19-5-3-4-15-12(18)10-6-14-7-11(16-10)17-13/h6-7,9H,3-5,8,13H2,1-2H3,(H,15,18)(H,16,17). The zero-order valence-electron chi connectivity index (χ0n) is 11.3. The fourth-order valence-corrected chi connectivity index (χ4v) is 1.33. The summed E-state index contributed by atoms with van der Waals surface area (Å²) in [5.74, 6) is 5.81. The van der Waals surface area contributed by atoms with Gasteiger partial charge in [-0.3, -0.25) is 9.78 Å². The number of hydrogen-bond donors (Lipinski definition) is 3. The molecule has 0 atom stereocenters. The van der Waals surface area contributed by atoms with Gasteiger partial charge < -0.3 is 15.5 Å². The summed E-state index contributed by atoms with van der Waals surface area (Å²) in [4.78, 5) is 19.6. The van der Waals surface area contributed by atoms with Crippen LogP contribution in [-0.2, 0) is 4.74 Å². The van der Waals surface area contributed by atoms with Crippen molar-refractivity contribution < 1.29 is 9.53 Å². The number of rotatable bonds is 8. The molecule has 0 bridgehead atoms. The van der Waals surface area contributed by atoms with Gasteiger partial charge in [0.05, 0.1) is 12.4 Å². The number of nitrogens with zero attached hydrogens (tertiary/aromatic N) is 2. The second-order valence-corrected chi connectivity index (χ2v) is 4.51. The van der Waals surface area contributed by atoms with E-state index in [-0.39, 0.29) is 11.6 Å². The molecule has 1 amide bonds. The Hall–Kier alpha value is -1.73. The molecular weight excluding hydrogens is 246 g/mol. The van der Waals surface area contributed by atoms with E-state index in [1.165, 1.54) is 12.4 Å². The summed E-state index contributed by atoms with van der Waals surface area (Å²) in [6.07, 6.45) is 3.60. The quantitative estimate of drug-likeness (QED) is 0.361. The highest BCUT2D eigenvalue weighted by Gasteiger charge is 2.07. The monoisotopic (exact) mass is 267 g/mol. The number of nitrogens with two attached hydrogens (primary N) is 1. The summed E-state index contributed by atoms with van der Waals surface area (Å²) >= 11 is 0. The Morgan fingerprint density at radius 3 is 2.95 bits per heavy atom. The Labute approximate surface area is 112 Å². The molecule has 0 fully saturated rings. The van der Waals surface area contributed by atoms with Crippen LogP contribution >= 0.6 is 0 Å². The number of carbonyl (C=O) groups excluding carboxylic acids is 1. The second-order valence-electron chi connectivity index (χ2n) is 4.51. The molecular formula is C12H21N5O2. The van der Waals surface area contributed by atoms with Crippen molar-refractivity contribution in [3.63, 3.8) is 0 Å². The zero-order chi connectivity index (χ0) is 14.1. The van der Waals surface area contributed by atoms with Gasteiger partial charge in [0, 0.05) is 19.8 Å². The van der Waals surface area contributed by atoms with Crippen molar-refractivity contribution in [3.05, 3.63) is 18.1 Å². The van der Waals surface area contributed by atoms with E-state index in [2.05, 4.69) is 34.6 Å². The van der Waals surface area contributed by atoms with Crippen LogP contribution in [0.2, 0.25) is 0 Å². The number of nitrogens with one attached hydrogen (secondary N) is 2. The first kappa shape index (κ1) is 15.3. The molecule has 1 rings (SSSR count). The van der Waals surface area contributed by atoms with E-state index in [0.29, 0.717) is 24.9 Å². The number of hydrogen-bond acceptors (Lipinski definition) is 6. The topological polar surface area (TPSA) is 102 Å². The lowest BCUT2D eigenvalue weighted by Gasteiger charge is -2.07. The van der Waals surface area contributed by atoms with Gasteiger partial charge in [0.1, 0.15) is 5.69 Å². The Kier molecular flexibility index (Phi) is 6.76. The first-order valence-corrected chi connectivity index (χ1v) is 6.28. The van der Waals surface area contributed by atoms with E-state index in [1.54, 1.807) is 0 Å². The molecule has 19 heavy (non-hydrogen) atoms. The van der Waals surface area contributed by atoms with E-state index in [4.69, 9.17) is 10.6 Å². The van der Waals surface area contributed by atoms with E-state index < -0.39 is 0 Å². The summed E-state index contributed by atoms with van der Waals surface area (Å²) in [7, 11) is 0. The van der Waals surface area contributed by atoms with Crippen molar-refractivity contribution in [2.45, 2.75) is 20.3 Å². The number of carbonyl (C=O) groups is 1. The van der Waals surface area contributed by atoms with Gasteiger partial charge in [0.2, 0.25) is 0 Å². The highest BCUT2D eigenvalue weighted by atomic mass is 16.5. The van der Waals surface area contributed by atoms with Crippen molar-refractivity contribution in [3.8, 4) is 0 Å². The van der Waals surface area contributed by atoms with Crippen molar-refractivity contribution in [2.75, 3.05) is 25.2 Å². The molecule has 0 aromatic carbocycles. The van der Waals surface area contributed by atoms with Gasteiger partial charge >= 0.3 is 0 Å². The molecule has 0 saturated carbocycles. The number of amides is 1. The average Bonchev–Trinajstić information content (AvgIpc) is 2.42. The molecule has 1 aromatic heterocycles. The third kappa shape index (κ3) is 6.12. The Balaban J connectivity index is 2.23. The maximum atomic E-state index is 11.7. The predicted octanol–water partition coefficient (Wildman–Crippen LogP) is 0.555. The fourth-order valence-electron chi connectivity index (χ4n) is 1.33. The number of aromatic nitrogens is 2.